The number of carbonyl (C=O) groups excluding carboxylic acids is 1. The van der Waals surface area contributed by atoms with Crippen molar-refractivity contribution in [1.29, 1.82) is 0 Å². The number of rotatable bonds is 3. The van der Waals surface area contributed by atoms with Crippen LogP contribution >= 0.6 is 15.9 Å². The van der Waals surface area contributed by atoms with Gasteiger partial charge in [0.1, 0.15) is 5.75 Å². The Hall–Kier alpha value is -1.81. The van der Waals surface area contributed by atoms with Crippen LogP contribution < -0.4 is 10.1 Å². The lowest BCUT2D eigenvalue weighted by atomic mass is 9.92. The number of hydrogen-bond donors (Lipinski definition) is 1. The van der Waals surface area contributed by atoms with E-state index in [9.17, 15) is 4.79 Å². The normalized spacial score (nSPS) is 16.5. The van der Waals surface area contributed by atoms with Crippen LogP contribution in [-0.2, 0) is 11.2 Å². The van der Waals surface area contributed by atoms with Crippen molar-refractivity contribution < 1.29 is 9.53 Å². The Morgan fingerprint density at radius 3 is 2.86 bits per heavy atom. The predicted molar refractivity (Wildman–Crippen MR) is 86.9 cm³/mol. The number of hydrogen-bond acceptors (Lipinski definition) is 2. The third-order valence-electron chi connectivity index (χ3n) is 3.92. The van der Waals surface area contributed by atoms with E-state index in [4.69, 9.17) is 4.74 Å². The molecule has 21 heavy (non-hydrogen) atoms. The summed E-state index contributed by atoms with van der Waals surface area (Å²) >= 11 is 3.55. The van der Waals surface area contributed by atoms with Crippen LogP contribution in [0.2, 0.25) is 0 Å². The van der Waals surface area contributed by atoms with E-state index in [0.717, 1.165) is 32.6 Å². The van der Waals surface area contributed by atoms with E-state index in [1.807, 2.05) is 43.3 Å². The van der Waals surface area contributed by atoms with Gasteiger partial charge in [0.05, 0.1) is 13.0 Å². The zero-order chi connectivity index (χ0) is 15.0. The largest absolute Gasteiger partial charge is 0.497 e. The first-order valence-electron chi connectivity index (χ1n) is 6.83. The molecule has 1 heterocycles. The highest BCUT2D eigenvalue weighted by atomic mass is 79.9. The highest BCUT2D eigenvalue weighted by molar-refractivity contribution is 9.10. The average molecular weight is 346 g/mol. The number of benzene rings is 2. The molecule has 0 unspecified atom stereocenters. The van der Waals surface area contributed by atoms with Crippen molar-refractivity contribution in [2.75, 3.05) is 12.4 Å². The van der Waals surface area contributed by atoms with Gasteiger partial charge in [-0.1, -0.05) is 34.1 Å². The number of halogens is 1. The molecule has 4 heteroatoms. The van der Waals surface area contributed by atoms with Crippen molar-refractivity contribution in [2.24, 2.45) is 0 Å². The third kappa shape index (κ3) is 2.56. The van der Waals surface area contributed by atoms with Gasteiger partial charge < -0.3 is 10.1 Å². The molecule has 3 nitrogen and oxygen atoms in total. The quantitative estimate of drug-likeness (QED) is 0.911. The molecule has 0 radical (unpaired) electrons. The Bertz CT molecular complexity index is 712. The second kappa shape index (κ2) is 5.53. The summed E-state index contributed by atoms with van der Waals surface area (Å²) in [5.41, 5.74) is 4.22. The maximum absolute atomic E-state index is 12.3. The molecule has 0 saturated carbocycles. The van der Waals surface area contributed by atoms with Gasteiger partial charge in [-0.05, 0) is 48.2 Å². The van der Waals surface area contributed by atoms with Crippen molar-refractivity contribution in [3.05, 3.63) is 57.6 Å². The van der Waals surface area contributed by atoms with Gasteiger partial charge in [0.15, 0.2) is 0 Å². The molecule has 0 aliphatic carbocycles. The smallest absolute Gasteiger partial charge is 0.232 e. The summed E-state index contributed by atoms with van der Waals surface area (Å²) < 4.78 is 6.27. The molecule has 1 aliphatic rings. The van der Waals surface area contributed by atoms with Crippen molar-refractivity contribution in [3.8, 4) is 5.75 Å². The molecule has 0 fully saturated rings. The molecule has 0 spiro atoms. The molecule has 1 amide bonds. The van der Waals surface area contributed by atoms with Gasteiger partial charge >= 0.3 is 0 Å². The fraction of sp³-hybridized carbons (Fsp3) is 0.235. The van der Waals surface area contributed by atoms with Crippen LogP contribution in [0.15, 0.2) is 40.9 Å². The zero-order valence-corrected chi connectivity index (χ0v) is 13.5. The summed E-state index contributed by atoms with van der Waals surface area (Å²) in [6.45, 7) is 2.02. The maximum Gasteiger partial charge on any atom is 0.232 e. The van der Waals surface area contributed by atoms with Crippen LogP contribution in [0.25, 0.3) is 0 Å². The predicted octanol–water partition coefficient (Wildman–Crippen LogP) is 4.04. The molecule has 1 N–H and O–H groups in total. The summed E-state index contributed by atoms with van der Waals surface area (Å²) in [4.78, 5) is 12.3. The molecule has 0 bridgehead atoms. The van der Waals surface area contributed by atoms with E-state index < -0.39 is 0 Å². The lowest BCUT2D eigenvalue weighted by molar-refractivity contribution is -0.117. The summed E-state index contributed by atoms with van der Waals surface area (Å²) in [7, 11) is 1.65. The van der Waals surface area contributed by atoms with E-state index >= 15 is 0 Å². The molecule has 0 aromatic heterocycles. The summed E-state index contributed by atoms with van der Waals surface area (Å²) in [6.07, 6.45) is 0.653. The molecular weight excluding hydrogens is 330 g/mol. The molecule has 1 atom stereocenters. The average Bonchev–Trinajstić information content (AvgIpc) is 2.79. The molecule has 2 aromatic carbocycles. The van der Waals surface area contributed by atoms with Gasteiger partial charge in [-0.15, -0.1) is 0 Å². The second-order valence-electron chi connectivity index (χ2n) is 5.24. The van der Waals surface area contributed by atoms with Crippen molar-refractivity contribution in [2.45, 2.75) is 19.3 Å². The number of fused-ring (bicyclic) bond motifs is 1. The molecular formula is C17H16BrNO2. The number of aryl methyl sites for hydroxylation is 1. The van der Waals surface area contributed by atoms with Crippen LogP contribution in [0.4, 0.5) is 5.69 Å². The lowest BCUT2D eigenvalue weighted by Gasteiger charge is -2.12. The fourth-order valence-corrected chi connectivity index (χ4v) is 3.17. The molecule has 0 saturated heterocycles. The minimum absolute atomic E-state index is 0.0639. The van der Waals surface area contributed by atoms with Crippen LogP contribution in [0.5, 0.6) is 5.75 Å². The van der Waals surface area contributed by atoms with Gasteiger partial charge in [-0.2, -0.15) is 0 Å². The number of anilines is 1. The lowest BCUT2D eigenvalue weighted by Crippen LogP contribution is -2.14. The van der Waals surface area contributed by atoms with E-state index in [2.05, 4.69) is 21.2 Å². The number of ether oxygens (including phenoxy) is 1. The minimum Gasteiger partial charge on any atom is -0.497 e. The molecule has 1 aliphatic heterocycles. The Balaban J connectivity index is 1.96. The first kappa shape index (κ1) is 14.1. The highest BCUT2D eigenvalue weighted by Gasteiger charge is 2.31. The highest BCUT2D eigenvalue weighted by Crippen LogP contribution is 2.38. The molecule has 2 aromatic rings. The monoisotopic (exact) mass is 345 g/mol. The van der Waals surface area contributed by atoms with E-state index in [0.29, 0.717) is 6.42 Å². The molecule has 3 rings (SSSR count). The van der Waals surface area contributed by atoms with Crippen LogP contribution in [0.1, 0.15) is 22.6 Å². The van der Waals surface area contributed by atoms with E-state index in [1.165, 1.54) is 0 Å². The van der Waals surface area contributed by atoms with Crippen molar-refractivity contribution in [1.82, 2.24) is 0 Å². The van der Waals surface area contributed by atoms with Crippen LogP contribution in [-0.4, -0.2) is 13.0 Å². The Morgan fingerprint density at radius 1 is 1.29 bits per heavy atom. The first-order chi connectivity index (χ1) is 10.1. The van der Waals surface area contributed by atoms with Crippen molar-refractivity contribution in [3.63, 3.8) is 0 Å². The third-order valence-corrected chi connectivity index (χ3v) is 4.70. The Kier molecular flexibility index (Phi) is 3.72. The van der Waals surface area contributed by atoms with E-state index in [1.54, 1.807) is 7.11 Å². The van der Waals surface area contributed by atoms with Crippen molar-refractivity contribution >= 4 is 27.5 Å². The summed E-state index contributed by atoms with van der Waals surface area (Å²) in [5.74, 6) is 0.716. The van der Waals surface area contributed by atoms with Gasteiger partial charge in [-0.3, -0.25) is 4.79 Å². The number of methoxy groups -OCH3 is 1. The number of nitrogens with one attached hydrogen (secondary N) is 1. The van der Waals surface area contributed by atoms with Crippen LogP contribution in [0.3, 0.4) is 0 Å². The van der Waals surface area contributed by atoms with Gasteiger partial charge in [0, 0.05) is 10.2 Å². The zero-order valence-electron chi connectivity index (χ0n) is 11.9. The standard InChI is InChI=1S/C17H16BrNO2/c1-10-4-3-5-13-14(17(20)19-16(10)13)9-11-8-12(21-2)6-7-15(11)18/h3-8,14H,9H2,1-2H3,(H,19,20)/t14-/m0/s1. The Labute approximate surface area is 132 Å². The number of para-hydroxylation sites is 1. The summed E-state index contributed by atoms with van der Waals surface area (Å²) in [5, 5.41) is 3.00. The summed E-state index contributed by atoms with van der Waals surface area (Å²) in [6, 6.07) is 11.9. The van der Waals surface area contributed by atoms with Crippen LogP contribution in [0, 0.1) is 6.92 Å². The van der Waals surface area contributed by atoms with Gasteiger partial charge in [0.2, 0.25) is 5.91 Å². The van der Waals surface area contributed by atoms with E-state index in [-0.39, 0.29) is 11.8 Å². The minimum atomic E-state index is -0.150. The topological polar surface area (TPSA) is 38.3 Å². The maximum atomic E-state index is 12.3. The second-order valence-corrected chi connectivity index (χ2v) is 6.10. The fourth-order valence-electron chi connectivity index (χ4n) is 2.76. The SMILES string of the molecule is COc1ccc(Br)c(C[C@@H]2C(=O)Nc3c(C)cccc32)c1. The Morgan fingerprint density at radius 2 is 2.10 bits per heavy atom. The first-order valence-corrected chi connectivity index (χ1v) is 7.62. The molecule has 108 valence electrons. The van der Waals surface area contributed by atoms with Gasteiger partial charge in [0.25, 0.3) is 0 Å². The number of amides is 1. The number of carbonyl (C=O) groups is 1. The van der Waals surface area contributed by atoms with Gasteiger partial charge in [-0.25, -0.2) is 0 Å².